The highest BCUT2D eigenvalue weighted by Crippen LogP contribution is 2.26. The summed E-state index contributed by atoms with van der Waals surface area (Å²) in [5, 5.41) is 3.50. The summed E-state index contributed by atoms with van der Waals surface area (Å²) >= 11 is 0. The summed E-state index contributed by atoms with van der Waals surface area (Å²) in [6, 6.07) is 3.97. The molecule has 7 heteroatoms. The van der Waals surface area contributed by atoms with Crippen molar-refractivity contribution >= 4 is 15.8 Å². The maximum absolute atomic E-state index is 12.6. The zero-order valence-corrected chi connectivity index (χ0v) is 14.4. The maximum Gasteiger partial charge on any atom is 0.272 e. The van der Waals surface area contributed by atoms with Gasteiger partial charge in [0.25, 0.3) is 5.82 Å². The Balaban J connectivity index is 1.68. The zero-order valence-electron chi connectivity index (χ0n) is 13.6. The van der Waals surface area contributed by atoms with Crippen molar-refractivity contribution in [3.05, 3.63) is 18.3 Å². The van der Waals surface area contributed by atoms with E-state index in [0.29, 0.717) is 43.2 Å². The van der Waals surface area contributed by atoms with Gasteiger partial charge in [0.1, 0.15) is 11.1 Å². The van der Waals surface area contributed by atoms with Crippen molar-refractivity contribution in [1.29, 1.82) is 0 Å². The van der Waals surface area contributed by atoms with E-state index in [2.05, 4.69) is 17.2 Å². The lowest BCUT2D eigenvalue weighted by atomic mass is 9.86. The van der Waals surface area contributed by atoms with Crippen molar-refractivity contribution in [2.24, 2.45) is 5.92 Å². The molecule has 1 aromatic rings. The number of nitrogens with zero attached hydrogens (tertiary/aromatic N) is 1. The fraction of sp³-hybridized carbons (Fsp3) is 0.688. The molecule has 0 spiro atoms. The monoisotopic (exact) mass is 340 g/mol. The molecular weight excluding hydrogens is 314 g/mol. The van der Waals surface area contributed by atoms with Crippen LogP contribution < -0.4 is 10.3 Å². The Morgan fingerprint density at radius 1 is 1.22 bits per heavy atom. The van der Waals surface area contributed by atoms with Gasteiger partial charge in [0.15, 0.2) is 0 Å². The van der Waals surface area contributed by atoms with Gasteiger partial charge in [-0.3, -0.25) is 5.32 Å². The minimum Gasteiger partial charge on any atom is -0.379 e. The summed E-state index contributed by atoms with van der Waals surface area (Å²) in [6.45, 7) is 4.03. The fourth-order valence-corrected chi connectivity index (χ4v) is 4.70. The number of rotatable bonds is 4. The Morgan fingerprint density at radius 3 is 2.61 bits per heavy atom. The molecule has 0 aromatic carbocycles. The van der Waals surface area contributed by atoms with Crippen LogP contribution in [0.1, 0.15) is 32.6 Å². The van der Waals surface area contributed by atoms with E-state index in [0.717, 1.165) is 5.82 Å². The van der Waals surface area contributed by atoms with Gasteiger partial charge in [-0.2, -0.15) is 4.31 Å². The molecule has 3 rings (SSSR count). The standard InChI is InChI=1S/C16H25N3O3S/c1-13-4-2-3-5-15(13)18-16-7-6-14(12-17-16)23(20,21)19-8-10-22-11-9-19/h6-7,12-13,15H,2-5,8-11H2,1H3,(H,17,18)/p+1/t13-,15-/m0/s1. The van der Waals surface area contributed by atoms with E-state index in [9.17, 15) is 8.42 Å². The summed E-state index contributed by atoms with van der Waals surface area (Å²) in [7, 11) is -3.43. The molecule has 0 unspecified atom stereocenters. The summed E-state index contributed by atoms with van der Waals surface area (Å²) < 4.78 is 31.8. The Labute approximate surface area is 138 Å². The van der Waals surface area contributed by atoms with Crippen LogP contribution in [0.5, 0.6) is 0 Å². The van der Waals surface area contributed by atoms with Gasteiger partial charge >= 0.3 is 0 Å². The molecule has 2 heterocycles. The number of morpholine rings is 1. The van der Waals surface area contributed by atoms with Crippen LogP contribution in [0, 0.1) is 5.92 Å². The van der Waals surface area contributed by atoms with Gasteiger partial charge in [-0.05, 0) is 31.2 Å². The molecule has 1 saturated carbocycles. The number of hydrogen-bond donors (Lipinski definition) is 1. The van der Waals surface area contributed by atoms with Crippen LogP contribution in [0.3, 0.4) is 0 Å². The molecule has 1 aromatic heterocycles. The van der Waals surface area contributed by atoms with Crippen molar-refractivity contribution in [3.63, 3.8) is 0 Å². The number of H-pyrrole nitrogens is 1. The van der Waals surface area contributed by atoms with Crippen LogP contribution in [-0.2, 0) is 14.8 Å². The maximum atomic E-state index is 12.6. The molecule has 2 atom stereocenters. The van der Waals surface area contributed by atoms with E-state index in [1.54, 1.807) is 12.3 Å². The average Bonchev–Trinajstić information content (AvgIpc) is 2.58. The predicted octanol–water partition coefficient (Wildman–Crippen LogP) is 1.51. The number of anilines is 1. The summed E-state index contributed by atoms with van der Waals surface area (Å²) in [5.41, 5.74) is 0. The van der Waals surface area contributed by atoms with Crippen LogP contribution in [0.2, 0.25) is 0 Å². The fourth-order valence-electron chi connectivity index (χ4n) is 3.33. The molecule has 23 heavy (non-hydrogen) atoms. The van der Waals surface area contributed by atoms with E-state index in [4.69, 9.17) is 4.74 Å². The summed E-state index contributed by atoms with van der Waals surface area (Å²) in [4.78, 5) is 3.41. The van der Waals surface area contributed by atoms with Gasteiger partial charge in [0, 0.05) is 19.2 Å². The Hall–Kier alpha value is -1.18. The Kier molecular flexibility index (Phi) is 5.18. The first-order valence-corrected chi connectivity index (χ1v) is 9.87. The molecule has 0 amide bonds. The minimum atomic E-state index is -3.43. The second kappa shape index (κ2) is 7.15. The number of nitrogens with one attached hydrogen (secondary N) is 2. The topological polar surface area (TPSA) is 72.8 Å². The van der Waals surface area contributed by atoms with Crippen LogP contribution in [0.15, 0.2) is 23.2 Å². The van der Waals surface area contributed by atoms with Crippen LogP contribution in [-0.4, -0.2) is 45.1 Å². The number of aromatic amines is 1. The smallest absolute Gasteiger partial charge is 0.272 e. The Morgan fingerprint density at radius 2 is 1.96 bits per heavy atom. The van der Waals surface area contributed by atoms with Gasteiger partial charge in [-0.15, -0.1) is 0 Å². The van der Waals surface area contributed by atoms with Gasteiger partial charge in [-0.25, -0.2) is 13.4 Å². The van der Waals surface area contributed by atoms with Crippen molar-refractivity contribution in [2.75, 3.05) is 31.6 Å². The molecule has 1 aliphatic carbocycles. The van der Waals surface area contributed by atoms with Crippen molar-refractivity contribution < 1.29 is 18.1 Å². The summed E-state index contributed by atoms with van der Waals surface area (Å²) in [5.74, 6) is 1.53. The zero-order chi connectivity index (χ0) is 16.3. The van der Waals surface area contributed by atoms with Gasteiger partial charge < -0.3 is 4.74 Å². The number of ether oxygens (including phenoxy) is 1. The molecule has 2 N–H and O–H groups in total. The van der Waals surface area contributed by atoms with Crippen LogP contribution in [0.25, 0.3) is 0 Å². The highest BCUT2D eigenvalue weighted by molar-refractivity contribution is 7.89. The largest absolute Gasteiger partial charge is 0.379 e. The lowest BCUT2D eigenvalue weighted by molar-refractivity contribution is -0.364. The van der Waals surface area contributed by atoms with Crippen molar-refractivity contribution in [1.82, 2.24) is 4.31 Å². The predicted molar refractivity (Wildman–Crippen MR) is 87.6 cm³/mol. The molecule has 2 fully saturated rings. The van der Waals surface area contributed by atoms with E-state index >= 15 is 0 Å². The van der Waals surface area contributed by atoms with Crippen LogP contribution >= 0.6 is 0 Å². The first kappa shape index (κ1) is 16.7. The molecule has 0 radical (unpaired) electrons. The molecule has 128 valence electrons. The molecule has 2 aliphatic rings. The number of hydrogen-bond acceptors (Lipinski definition) is 4. The van der Waals surface area contributed by atoms with Gasteiger partial charge in [-0.1, -0.05) is 13.3 Å². The van der Waals surface area contributed by atoms with Crippen molar-refractivity contribution in [3.8, 4) is 0 Å². The first-order chi connectivity index (χ1) is 11.1. The van der Waals surface area contributed by atoms with Crippen molar-refractivity contribution in [2.45, 2.75) is 43.5 Å². The SMILES string of the molecule is C[C@H]1CCCC[C@@H]1Nc1ccc(S(=O)(=O)N2CCOCC2)c[nH+]1. The van der Waals surface area contributed by atoms with E-state index in [1.807, 2.05) is 6.07 Å². The second-order valence-electron chi connectivity index (χ2n) is 6.47. The number of aromatic nitrogens is 1. The molecular formula is C16H26N3O3S+. The highest BCUT2D eigenvalue weighted by atomic mass is 32.2. The Bertz CT molecular complexity index is 612. The first-order valence-electron chi connectivity index (χ1n) is 8.43. The quantitative estimate of drug-likeness (QED) is 0.902. The van der Waals surface area contributed by atoms with Gasteiger partial charge in [0.2, 0.25) is 10.0 Å². The highest BCUT2D eigenvalue weighted by Gasteiger charge is 2.28. The number of sulfonamides is 1. The lowest BCUT2D eigenvalue weighted by Crippen LogP contribution is -2.41. The van der Waals surface area contributed by atoms with E-state index in [1.165, 1.54) is 30.0 Å². The third-order valence-electron chi connectivity index (χ3n) is 4.84. The molecule has 6 nitrogen and oxygen atoms in total. The summed E-state index contributed by atoms with van der Waals surface area (Å²) in [6.07, 6.45) is 6.57. The molecule has 1 saturated heterocycles. The van der Waals surface area contributed by atoms with Crippen LogP contribution in [0.4, 0.5) is 5.82 Å². The second-order valence-corrected chi connectivity index (χ2v) is 8.41. The molecule has 0 bridgehead atoms. The number of pyridine rings is 1. The third-order valence-corrected chi connectivity index (χ3v) is 6.74. The molecule has 1 aliphatic heterocycles. The van der Waals surface area contributed by atoms with E-state index in [-0.39, 0.29) is 0 Å². The van der Waals surface area contributed by atoms with E-state index < -0.39 is 10.0 Å². The average molecular weight is 340 g/mol. The van der Waals surface area contributed by atoms with Gasteiger partial charge in [0.05, 0.1) is 19.3 Å². The normalized spacial score (nSPS) is 26.8. The minimum absolute atomic E-state index is 0.307. The lowest BCUT2D eigenvalue weighted by Gasteiger charge is -2.26. The third kappa shape index (κ3) is 3.84.